The van der Waals surface area contributed by atoms with Gasteiger partial charge in [0.1, 0.15) is 5.75 Å². The molecule has 2 atom stereocenters. The molecule has 2 aliphatic rings. The second-order valence-electron chi connectivity index (χ2n) is 10.7. The van der Waals surface area contributed by atoms with E-state index in [9.17, 15) is 13.2 Å². The number of aliphatic hydroxyl groups excluding tert-OH is 1. The number of morpholine rings is 1. The highest BCUT2D eigenvalue weighted by molar-refractivity contribution is 7.91. The third-order valence-corrected chi connectivity index (χ3v) is 9.53. The first-order valence-corrected chi connectivity index (χ1v) is 16.4. The first-order chi connectivity index (χ1) is 21.9. The molecule has 2 heterocycles. The van der Waals surface area contributed by atoms with E-state index in [4.69, 9.17) is 29.8 Å². The summed E-state index contributed by atoms with van der Waals surface area (Å²) in [7, 11) is -3.80. The first-order valence-electron chi connectivity index (χ1n) is 14.7. The van der Waals surface area contributed by atoms with Crippen molar-refractivity contribution in [3.05, 3.63) is 106 Å². The minimum atomic E-state index is -3.80. The van der Waals surface area contributed by atoms with Gasteiger partial charge in [0.15, 0.2) is 21.5 Å². The summed E-state index contributed by atoms with van der Waals surface area (Å²) in [5.74, 6) is 0.0439. The van der Waals surface area contributed by atoms with Gasteiger partial charge in [-0.2, -0.15) is 0 Å². The summed E-state index contributed by atoms with van der Waals surface area (Å²) in [6.45, 7) is 1.71. The average Bonchev–Trinajstić information content (AvgIpc) is 3.48. The maximum absolute atomic E-state index is 14.6. The minimum Gasteiger partial charge on any atom is -0.494 e. The largest absolute Gasteiger partial charge is 0.494 e. The molecule has 0 saturated carbocycles. The molecule has 0 bridgehead atoms. The summed E-state index contributed by atoms with van der Waals surface area (Å²) < 4.78 is 44.8. The van der Waals surface area contributed by atoms with Crippen molar-refractivity contribution in [1.82, 2.24) is 4.90 Å². The fourth-order valence-electron chi connectivity index (χ4n) is 5.45. The highest BCUT2D eigenvalue weighted by Crippen LogP contribution is 2.45. The van der Waals surface area contributed by atoms with Crippen molar-refractivity contribution >= 4 is 21.6 Å². The lowest BCUT2D eigenvalue weighted by atomic mass is 9.82. The van der Waals surface area contributed by atoms with Gasteiger partial charge in [-0.05, 0) is 53.1 Å². The number of aliphatic imine (C=N–C) groups is 1. The van der Waals surface area contributed by atoms with Gasteiger partial charge in [0.25, 0.3) is 5.91 Å². The van der Waals surface area contributed by atoms with Gasteiger partial charge < -0.3 is 24.2 Å². The second kappa shape index (κ2) is 14.6. The Balaban J connectivity index is 1.61. The summed E-state index contributed by atoms with van der Waals surface area (Å²) in [4.78, 5) is 24.3. The molecule has 0 aliphatic carbocycles. The van der Waals surface area contributed by atoms with E-state index in [2.05, 4.69) is 10.0 Å². The van der Waals surface area contributed by atoms with Crippen LogP contribution in [0.3, 0.4) is 0 Å². The molecule has 1 amide bonds. The lowest BCUT2D eigenvalue weighted by Gasteiger charge is -2.37. The molecule has 0 spiro atoms. The van der Waals surface area contributed by atoms with Crippen molar-refractivity contribution in [2.75, 3.05) is 45.3 Å². The molecule has 5 rings (SSSR count). The molecular weight excluding hydrogens is 598 g/mol. The topological polar surface area (TPSA) is 163 Å². The molecular formula is C32H35N5O7S. The van der Waals surface area contributed by atoms with Crippen LogP contribution in [0.4, 0.5) is 0 Å². The molecule has 1 N–H and O–H groups in total. The van der Waals surface area contributed by atoms with Crippen molar-refractivity contribution < 1.29 is 32.5 Å². The summed E-state index contributed by atoms with van der Waals surface area (Å²) in [6, 6.07) is 22.3. The Hall–Kier alpha value is -4.42. The Morgan fingerprint density at radius 2 is 1.78 bits per heavy atom. The normalized spacial score (nSPS) is 19.7. The number of sulfone groups is 1. The van der Waals surface area contributed by atoms with Crippen LogP contribution < -0.4 is 4.74 Å². The van der Waals surface area contributed by atoms with Crippen LogP contribution in [0.5, 0.6) is 5.75 Å². The van der Waals surface area contributed by atoms with Crippen LogP contribution >= 0.6 is 0 Å². The van der Waals surface area contributed by atoms with E-state index in [-0.39, 0.29) is 42.0 Å². The zero-order valence-corrected chi connectivity index (χ0v) is 25.5. The molecule has 0 unspecified atom stereocenters. The molecule has 13 heteroatoms. The predicted octanol–water partition coefficient (Wildman–Crippen LogP) is 4.24. The van der Waals surface area contributed by atoms with Crippen molar-refractivity contribution in [1.29, 1.82) is 0 Å². The van der Waals surface area contributed by atoms with Crippen LogP contribution in [0.2, 0.25) is 0 Å². The third-order valence-electron chi connectivity index (χ3n) is 7.80. The molecule has 3 aromatic carbocycles. The Labute approximate surface area is 261 Å². The van der Waals surface area contributed by atoms with Gasteiger partial charge in [-0.15, -0.1) is 0 Å². The Bertz CT molecular complexity index is 1650. The van der Waals surface area contributed by atoms with Crippen molar-refractivity contribution in [2.24, 2.45) is 10.1 Å². The third kappa shape index (κ3) is 7.29. The fourth-order valence-corrected chi connectivity index (χ4v) is 6.84. The van der Waals surface area contributed by atoms with Crippen LogP contribution in [0.25, 0.3) is 10.4 Å². The number of carbonyl (C=O) groups is 1. The summed E-state index contributed by atoms with van der Waals surface area (Å²) in [5, 5.41) is 12.8. The first kappa shape index (κ1) is 32.0. The predicted molar refractivity (Wildman–Crippen MR) is 167 cm³/mol. The van der Waals surface area contributed by atoms with Crippen LogP contribution in [0.1, 0.15) is 35.6 Å². The molecule has 45 heavy (non-hydrogen) atoms. The molecule has 0 radical (unpaired) electrons. The number of rotatable bonds is 13. The number of hydrogen-bond acceptors (Lipinski definition) is 9. The van der Waals surface area contributed by atoms with Gasteiger partial charge in [-0.3, -0.25) is 4.79 Å². The van der Waals surface area contributed by atoms with E-state index in [1.54, 1.807) is 71.6 Å². The zero-order valence-electron chi connectivity index (χ0n) is 24.7. The zero-order chi connectivity index (χ0) is 31.7. The Kier molecular flexibility index (Phi) is 10.4. The Morgan fingerprint density at radius 3 is 2.49 bits per heavy atom. The van der Waals surface area contributed by atoms with Gasteiger partial charge in [-0.25, -0.2) is 13.4 Å². The van der Waals surface area contributed by atoms with Gasteiger partial charge >= 0.3 is 0 Å². The molecule has 3 aromatic rings. The molecule has 1 fully saturated rings. The number of benzene rings is 3. The Morgan fingerprint density at radius 1 is 1.07 bits per heavy atom. The quantitative estimate of drug-likeness (QED) is 0.127. The van der Waals surface area contributed by atoms with Gasteiger partial charge in [-0.1, -0.05) is 47.6 Å². The van der Waals surface area contributed by atoms with E-state index in [1.165, 1.54) is 12.1 Å². The summed E-state index contributed by atoms with van der Waals surface area (Å²) in [6.07, 6.45) is -0.682. The highest BCUT2D eigenvalue weighted by Gasteiger charge is 2.55. The maximum atomic E-state index is 14.6. The summed E-state index contributed by atoms with van der Waals surface area (Å²) in [5.41, 5.74) is 9.18. The molecule has 1 saturated heterocycles. The van der Waals surface area contributed by atoms with Crippen molar-refractivity contribution in [2.45, 2.75) is 35.9 Å². The number of ether oxygens (including phenoxy) is 3. The minimum absolute atomic E-state index is 0.00583. The smallest absolute Gasteiger partial charge is 0.255 e. The molecule has 0 aromatic heterocycles. The van der Waals surface area contributed by atoms with E-state index < -0.39 is 21.5 Å². The van der Waals surface area contributed by atoms with Crippen molar-refractivity contribution in [3.63, 3.8) is 0 Å². The molecule has 12 nitrogen and oxygen atoms in total. The standard InChI is InChI=1S/C32H35N5O7S/c33-36-34-23-25-7-4-5-10-28(25)29-32(31(39)37-16-20-42-21-17-37,15-22-45(40,41)27-8-2-1-3-9-27)35-30(44-29)24-11-13-26(14-12-24)43-19-6-18-38/h1-5,7-14,29,38H,6,15-23H2/t29-,32-/m1/s1. The number of azide groups is 1. The second-order valence-corrected chi connectivity index (χ2v) is 12.8. The van der Waals surface area contributed by atoms with E-state index in [0.29, 0.717) is 61.8 Å². The van der Waals surface area contributed by atoms with Crippen LogP contribution in [0, 0.1) is 0 Å². The van der Waals surface area contributed by atoms with Crippen molar-refractivity contribution in [3.8, 4) is 5.75 Å². The van der Waals surface area contributed by atoms with Gasteiger partial charge in [0, 0.05) is 43.0 Å². The average molecular weight is 634 g/mol. The fraction of sp³-hybridized carbons (Fsp3) is 0.375. The van der Waals surface area contributed by atoms with Gasteiger partial charge in [0.2, 0.25) is 5.90 Å². The van der Waals surface area contributed by atoms with Crippen LogP contribution in [0.15, 0.2) is 93.9 Å². The SMILES string of the molecule is [N-]=[N+]=NCc1ccccc1[C@H]1OC(c2ccc(OCCCO)cc2)=N[C@@]1(CCS(=O)(=O)c1ccccc1)C(=O)N1CCOCC1. The summed E-state index contributed by atoms with van der Waals surface area (Å²) >= 11 is 0. The lowest BCUT2D eigenvalue weighted by molar-refractivity contribution is -0.144. The molecule has 236 valence electrons. The van der Waals surface area contributed by atoms with E-state index in [1.807, 2.05) is 0 Å². The van der Waals surface area contributed by atoms with Gasteiger partial charge in [0.05, 0.1) is 37.0 Å². The monoisotopic (exact) mass is 633 g/mol. The molecule has 2 aliphatic heterocycles. The van der Waals surface area contributed by atoms with Crippen LogP contribution in [-0.2, 0) is 30.7 Å². The number of carbonyl (C=O) groups excluding carboxylic acids is 1. The van der Waals surface area contributed by atoms with E-state index >= 15 is 0 Å². The lowest BCUT2D eigenvalue weighted by Crippen LogP contribution is -2.54. The number of amides is 1. The number of nitrogens with zero attached hydrogens (tertiary/aromatic N) is 5. The van der Waals surface area contributed by atoms with E-state index in [0.717, 1.165) is 0 Å². The van der Waals surface area contributed by atoms with Crippen LogP contribution in [-0.4, -0.2) is 81.0 Å². The number of hydrogen-bond donors (Lipinski definition) is 1. The maximum Gasteiger partial charge on any atom is 0.255 e. The number of aliphatic hydroxyl groups is 1. The highest BCUT2D eigenvalue weighted by atomic mass is 32.2.